The van der Waals surface area contributed by atoms with Crippen molar-refractivity contribution in [2.75, 3.05) is 4.90 Å². The summed E-state index contributed by atoms with van der Waals surface area (Å²) in [6.07, 6.45) is 2.28. The lowest BCUT2D eigenvalue weighted by atomic mass is 10.1. The van der Waals surface area contributed by atoms with Gasteiger partial charge in [0, 0.05) is 5.56 Å². The van der Waals surface area contributed by atoms with E-state index in [1.807, 2.05) is 19.9 Å². The molecule has 2 aromatic rings. The van der Waals surface area contributed by atoms with Crippen LogP contribution in [0, 0.1) is 5.82 Å². The van der Waals surface area contributed by atoms with Crippen LogP contribution in [0.25, 0.3) is 6.08 Å². The maximum absolute atomic E-state index is 13.2. The normalized spacial score (nSPS) is 16.9. The summed E-state index contributed by atoms with van der Waals surface area (Å²) in [5.74, 6) is -1.04. The number of para-hydroxylation sites is 1. The van der Waals surface area contributed by atoms with E-state index in [0.29, 0.717) is 17.0 Å². The van der Waals surface area contributed by atoms with Crippen molar-refractivity contribution in [3.63, 3.8) is 0 Å². The molecule has 2 aromatic carbocycles. The van der Waals surface area contributed by atoms with Crippen molar-refractivity contribution in [2.24, 2.45) is 0 Å². The number of hydrogen-bond acceptors (Lipinski definition) is 4. The van der Waals surface area contributed by atoms with Crippen LogP contribution in [-0.2, 0) is 9.59 Å². The molecule has 1 aliphatic heterocycles. The third-order valence-corrected chi connectivity index (χ3v) is 4.59. The Hall–Kier alpha value is -3.06. The summed E-state index contributed by atoms with van der Waals surface area (Å²) < 4.78 is 19.1. The lowest BCUT2D eigenvalue weighted by molar-refractivity contribution is -0.122. The number of halogens is 1. The Kier molecular flexibility index (Phi) is 5.84. The molecule has 1 aliphatic rings. The molecule has 1 atom stereocenters. The van der Waals surface area contributed by atoms with Gasteiger partial charge in [-0.15, -0.1) is 0 Å². The SMILES string of the molecule is CC[C@@H](C)Oc1ccccc1/C=C1\C(=O)NC(=S)N(c2ccc(F)cc2)C1=O. The van der Waals surface area contributed by atoms with Crippen LogP contribution in [0.3, 0.4) is 0 Å². The average molecular weight is 398 g/mol. The number of benzene rings is 2. The monoisotopic (exact) mass is 398 g/mol. The standard InChI is InChI=1S/C21H19FN2O3S/c1-3-13(2)27-18-7-5-4-6-14(18)12-17-19(25)23-21(28)24(20(17)26)16-10-8-15(22)9-11-16/h4-13H,3H2,1-2H3,(H,23,25,28)/b17-12+/t13-/m1/s1. The molecule has 7 heteroatoms. The van der Waals surface area contributed by atoms with Gasteiger partial charge in [0.25, 0.3) is 11.8 Å². The molecule has 2 amide bonds. The highest BCUT2D eigenvalue weighted by molar-refractivity contribution is 7.80. The second-order valence-electron chi connectivity index (χ2n) is 6.31. The quantitative estimate of drug-likeness (QED) is 0.472. The zero-order chi connectivity index (χ0) is 20.3. The highest BCUT2D eigenvalue weighted by Gasteiger charge is 2.34. The van der Waals surface area contributed by atoms with Gasteiger partial charge in [-0.1, -0.05) is 25.1 Å². The summed E-state index contributed by atoms with van der Waals surface area (Å²) in [5.41, 5.74) is 0.887. The third kappa shape index (κ3) is 4.09. The Balaban J connectivity index is 1.99. The lowest BCUT2D eigenvalue weighted by Gasteiger charge is -2.29. The summed E-state index contributed by atoms with van der Waals surface area (Å²) in [6.45, 7) is 3.95. The first kappa shape index (κ1) is 19.7. The number of ether oxygens (including phenoxy) is 1. The van der Waals surface area contributed by atoms with Crippen LogP contribution in [0.4, 0.5) is 10.1 Å². The molecule has 1 N–H and O–H groups in total. The fourth-order valence-electron chi connectivity index (χ4n) is 2.64. The molecule has 0 spiro atoms. The van der Waals surface area contributed by atoms with E-state index >= 15 is 0 Å². The molecule has 1 saturated heterocycles. The third-order valence-electron chi connectivity index (χ3n) is 4.31. The summed E-state index contributed by atoms with van der Waals surface area (Å²) in [5, 5.41) is 2.46. The first-order valence-corrected chi connectivity index (χ1v) is 9.24. The Labute approximate surface area is 167 Å². The van der Waals surface area contributed by atoms with E-state index in [1.165, 1.54) is 35.2 Å². The molecule has 0 radical (unpaired) electrons. The summed E-state index contributed by atoms with van der Waals surface area (Å²) in [6, 6.07) is 12.5. The van der Waals surface area contributed by atoms with E-state index in [9.17, 15) is 14.0 Å². The molecule has 0 saturated carbocycles. The summed E-state index contributed by atoms with van der Waals surface area (Å²) in [4.78, 5) is 26.6. The second kappa shape index (κ2) is 8.31. The number of rotatable bonds is 5. The molecule has 3 rings (SSSR count). The van der Waals surface area contributed by atoms with E-state index in [1.54, 1.807) is 18.2 Å². The van der Waals surface area contributed by atoms with Crippen molar-refractivity contribution in [3.05, 3.63) is 65.5 Å². The van der Waals surface area contributed by atoms with Gasteiger partial charge in [0.1, 0.15) is 17.1 Å². The first-order valence-electron chi connectivity index (χ1n) is 8.83. The van der Waals surface area contributed by atoms with Crippen LogP contribution in [0.15, 0.2) is 54.1 Å². The highest BCUT2D eigenvalue weighted by atomic mass is 32.1. The van der Waals surface area contributed by atoms with Gasteiger partial charge in [-0.05, 0) is 62.0 Å². The molecular weight excluding hydrogens is 379 g/mol. The molecule has 0 aromatic heterocycles. The van der Waals surface area contributed by atoms with E-state index < -0.39 is 17.6 Å². The van der Waals surface area contributed by atoms with E-state index in [0.717, 1.165) is 6.42 Å². The minimum absolute atomic E-state index is 0.0151. The second-order valence-corrected chi connectivity index (χ2v) is 6.70. The highest BCUT2D eigenvalue weighted by Crippen LogP contribution is 2.26. The minimum atomic E-state index is -0.591. The number of carbonyl (C=O) groups excluding carboxylic acids is 2. The van der Waals surface area contributed by atoms with Crippen LogP contribution in [0.1, 0.15) is 25.8 Å². The van der Waals surface area contributed by atoms with Crippen molar-refractivity contribution in [1.29, 1.82) is 0 Å². The summed E-state index contributed by atoms with van der Waals surface area (Å²) >= 11 is 5.14. The van der Waals surface area contributed by atoms with Crippen LogP contribution in [0.2, 0.25) is 0 Å². The van der Waals surface area contributed by atoms with Crippen molar-refractivity contribution in [2.45, 2.75) is 26.4 Å². The number of carbonyl (C=O) groups is 2. The van der Waals surface area contributed by atoms with Gasteiger partial charge < -0.3 is 4.74 Å². The van der Waals surface area contributed by atoms with Crippen molar-refractivity contribution >= 4 is 40.9 Å². The predicted molar refractivity (Wildman–Crippen MR) is 109 cm³/mol. The molecule has 144 valence electrons. The molecule has 1 fully saturated rings. The molecule has 0 unspecified atom stereocenters. The number of hydrogen-bond donors (Lipinski definition) is 1. The number of amides is 2. The molecule has 28 heavy (non-hydrogen) atoms. The van der Waals surface area contributed by atoms with E-state index in [2.05, 4.69) is 5.32 Å². The van der Waals surface area contributed by atoms with Gasteiger partial charge in [0.2, 0.25) is 0 Å². The minimum Gasteiger partial charge on any atom is -0.490 e. The Morgan fingerprint density at radius 3 is 2.54 bits per heavy atom. The van der Waals surface area contributed by atoms with Crippen LogP contribution >= 0.6 is 12.2 Å². The van der Waals surface area contributed by atoms with Gasteiger partial charge in [-0.3, -0.25) is 19.8 Å². The fraction of sp³-hybridized carbons (Fsp3) is 0.190. The van der Waals surface area contributed by atoms with Crippen molar-refractivity contribution in [1.82, 2.24) is 5.32 Å². The van der Waals surface area contributed by atoms with E-state index in [-0.39, 0.29) is 16.8 Å². The fourth-order valence-corrected chi connectivity index (χ4v) is 2.93. The number of nitrogens with one attached hydrogen (secondary N) is 1. The maximum atomic E-state index is 13.2. The van der Waals surface area contributed by atoms with Gasteiger partial charge in [0.15, 0.2) is 5.11 Å². The number of nitrogens with zero attached hydrogens (tertiary/aromatic N) is 1. The maximum Gasteiger partial charge on any atom is 0.270 e. The van der Waals surface area contributed by atoms with Crippen molar-refractivity contribution in [3.8, 4) is 5.75 Å². The van der Waals surface area contributed by atoms with E-state index in [4.69, 9.17) is 17.0 Å². The van der Waals surface area contributed by atoms with Gasteiger partial charge in [-0.25, -0.2) is 4.39 Å². The van der Waals surface area contributed by atoms with Crippen LogP contribution < -0.4 is 15.0 Å². The summed E-state index contributed by atoms with van der Waals surface area (Å²) in [7, 11) is 0. The largest absolute Gasteiger partial charge is 0.490 e. The number of thiocarbonyl (C=S) groups is 1. The van der Waals surface area contributed by atoms with Gasteiger partial charge in [-0.2, -0.15) is 0 Å². The molecule has 1 heterocycles. The van der Waals surface area contributed by atoms with Gasteiger partial charge >= 0.3 is 0 Å². The topological polar surface area (TPSA) is 58.6 Å². The molecule has 0 aliphatic carbocycles. The van der Waals surface area contributed by atoms with Gasteiger partial charge in [0.05, 0.1) is 11.8 Å². The van der Waals surface area contributed by atoms with Crippen LogP contribution in [-0.4, -0.2) is 23.0 Å². The zero-order valence-corrected chi connectivity index (χ0v) is 16.3. The average Bonchev–Trinajstić information content (AvgIpc) is 2.67. The number of anilines is 1. The Morgan fingerprint density at radius 2 is 1.86 bits per heavy atom. The Bertz CT molecular complexity index is 956. The smallest absolute Gasteiger partial charge is 0.270 e. The zero-order valence-electron chi connectivity index (χ0n) is 15.4. The molecule has 5 nitrogen and oxygen atoms in total. The molecular formula is C21H19FN2O3S. The van der Waals surface area contributed by atoms with Crippen molar-refractivity contribution < 1.29 is 18.7 Å². The first-order chi connectivity index (χ1) is 13.4. The molecule has 0 bridgehead atoms. The predicted octanol–water partition coefficient (Wildman–Crippen LogP) is 3.83. The lowest BCUT2D eigenvalue weighted by Crippen LogP contribution is -2.54. The Morgan fingerprint density at radius 1 is 1.18 bits per heavy atom. The van der Waals surface area contributed by atoms with Crippen LogP contribution in [0.5, 0.6) is 5.75 Å².